The lowest BCUT2D eigenvalue weighted by Crippen LogP contribution is -2.43. The molecule has 3 aliphatic carbocycles. The number of carbonyl (C=O) groups excluding carboxylic acids is 2. The van der Waals surface area contributed by atoms with Gasteiger partial charge in [0.25, 0.3) is 5.91 Å². The summed E-state index contributed by atoms with van der Waals surface area (Å²) in [5.74, 6) is 2.79. The van der Waals surface area contributed by atoms with E-state index in [1.165, 1.54) is 43.9 Å². The van der Waals surface area contributed by atoms with Crippen LogP contribution in [0.15, 0.2) is 17.4 Å². The maximum absolute atomic E-state index is 12.9. The van der Waals surface area contributed by atoms with Crippen LogP contribution in [0.2, 0.25) is 0 Å². The van der Waals surface area contributed by atoms with E-state index < -0.39 is 0 Å². The molecule has 0 spiro atoms. The third-order valence-electron chi connectivity index (χ3n) is 6.68. The molecule has 3 fully saturated rings. The smallest absolute Gasteiger partial charge is 0.263 e. The van der Waals surface area contributed by atoms with Crippen molar-refractivity contribution in [3.05, 3.63) is 23.8 Å². The zero-order valence-electron chi connectivity index (χ0n) is 18.2. The topological polar surface area (TPSA) is 87.2 Å². The molecule has 3 saturated carbocycles. The second kappa shape index (κ2) is 8.45. The van der Waals surface area contributed by atoms with Crippen LogP contribution >= 0.6 is 11.8 Å². The highest BCUT2D eigenvalue weighted by Gasteiger charge is 2.41. The maximum atomic E-state index is 12.9. The van der Waals surface area contributed by atoms with Gasteiger partial charge in [0, 0.05) is 18.5 Å². The summed E-state index contributed by atoms with van der Waals surface area (Å²) in [6.45, 7) is 6.68. The molecule has 1 aromatic heterocycles. The Morgan fingerprint density at radius 1 is 1.19 bits per heavy atom. The van der Waals surface area contributed by atoms with Gasteiger partial charge in [0.2, 0.25) is 5.91 Å². The predicted octanol–water partition coefficient (Wildman–Crippen LogP) is 3.71. The molecule has 0 bridgehead atoms. The molecule has 7 nitrogen and oxygen atoms in total. The molecular formula is C23H31N5O2S. The van der Waals surface area contributed by atoms with Crippen LogP contribution < -0.4 is 15.5 Å². The summed E-state index contributed by atoms with van der Waals surface area (Å²) in [5, 5.41) is 6.29. The number of amides is 2. The van der Waals surface area contributed by atoms with Gasteiger partial charge in [0.15, 0.2) is 5.82 Å². The zero-order valence-corrected chi connectivity index (χ0v) is 19.0. The average molecular weight is 442 g/mol. The standard InChI is InChI=1S/C23H31N5O2S/c1-13(21(29)24-12-15-6-4-3-5-7-15)31-23-18-20(26-19(27-23)16-8-9-16)28(17-10-11-17)14(2)25-22(18)30/h13,15-17H,2-12H2,1H3,(H,24,29)(H,25,30). The summed E-state index contributed by atoms with van der Waals surface area (Å²) in [6.07, 6.45) is 10.5. The van der Waals surface area contributed by atoms with Crippen LogP contribution in [-0.4, -0.2) is 39.6 Å². The Morgan fingerprint density at radius 2 is 1.94 bits per heavy atom. The minimum atomic E-state index is -0.332. The number of hydrogen-bond acceptors (Lipinski definition) is 6. The summed E-state index contributed by atoms with van der Waals surface area (Å²) in [5.41, 5.74) is 0.487. The van der Waals surface area contributed by atoms with Crippen molar-refractivity contribution in [1.29, 1.82) is 0 Å². The monoisotopic (exact) mass is 441 g/mol. The number of hydrogen-bond donors (Lipinski definition) is 2. The maximum Gasteiger partial charge on any atom is 0.263 e. The van der Waals surface area contributed by atoms with Gasteiger partial charge in [-0.05, 0) is 51.4 Å². The van der Waals surface area contributed by atoms with E-state index in [0.717, 1.165) is 38.1 Å². The van der Waals surface area contributed by atoms with E-state index in [1.807, 2.05) is 6.92 Å². The van der Waals surface area contributed by atoms with Gasteiger partial charge < -0.3 is 15.5 Å². The number of thioether (sulfide) groups is 1. The molecule has 2 heterocycles. The number of fused-ring (bicyclic) bond motifs is 1. The molecule has 0 saturated heterocycles. The normalized spacial score (nSPS) is 22.7. The van der Waals surface area contributed by atoms with E-state index in [2.05, 4.69) is 22.1 Å². The number of rotatable bonds is 7. The van der Waals surface area contributed by atoms with Crippen LogP contribution in [0, 0.1) is 5.92 Å². The Bertz CT molecular complexity index is 905. The van der Waals surface area contributed by atoms with Crippen LogP contribution in [0.1, 0.15) is 86.8 Å². The Hall–Kier alpha value is -2.09. The molecule has 2 amide bonds. The van der Waals surface area contributed by atoms with E-state index in [9.17, 15) is 9.59 Å². The van der Waals surface area contributed by atoms with E-state index in [1.54, 1.807) is 0 Å². The Kier molecular flexibility index (Phi) is 5.67. The van der Waals surface area contributed by atoms with Crippen LogP contribution in [0.25, 0.3) is 0 Å². The van der Waals surface area contributed by atoms with Gasteiger partial charge in [-0.15, -0.1) is 0 Å². The molecule has 166 valence electrons. The first kappa shape index (κ1) is 20.8. The predicted molar refractivity (Wildman–Crippen MR) is 121 cm³/mol. The third kappa shape index (κ3) is 4.45. The molecule has 0 radical (unpaired) electrons. The van der Waals surface area contributed by atoms with E-state index in [-0.39, 0.29) is 17.1 Å². The fraction of sp³-hybridized carbons (Fsp3) is 0.652. The van der Waals surface area contributed by atoms with Crippen LogP contribution in [0.4, 0.5) is 5.82 Å². The Balaban J connectivity index is 1.37. The molecule has 5 rings (SSSR count). The van der Waals surface area contributed by atoms with Crippen molar-refractivity contribution in [3.8, 4) is 0 Å². The number of aromatic nitrogens is 2. The van der Waals surface area contributed by atoms with Crippen molar-refractivity contribution in [2.75, 3.05) is 11.4 Å². The largest absolute Gasteiger partial charge is 0.355 e. The molecule has 1 aliphatic heterocycles. The minimum Gasteiger partial charge on any atom is -0.355 e. The average Bonchev–Trinajstić information content (AvgIpc) is 3.65. The molecular weight excluding hydrogens is 410 g/mol. The van der Waals surface area contributed by atoms with Gasteiger partial charge in [0.05, 0.1) is 5.25 Å². The first-order chi connectivity index (χ1) is 15.0. The zero-order chi connectivity index (χ0) is 21.5. The third-order valence-corrected chi connectivity index (χ3v) is 7.77. The van der Waals surface area contributed by atoms with Gasteiger partial charge in [-0.1, -0.05) is 37.6 Å². The van der Waals surface area contributed by atoms with E-state index >= 15 is 0 Å². The quantitative estimate of drug-likeness (QED) is 0.495. The van der Waals surface area contributed by atoms with E-state index in [0.29, 0.717) is 40.1 Å². The van der Waals surface area contributed by atoms with Crippen LogP contribution in [0.3, 0.4) is 0 Å². The number of carbonyl (C=O) groups is 2. The highest BCUT2D eigenvalue weighted by molar-refractivity contribution is 8.00. The molecule has 2 N–H and O–H groups in total. The Labute approximate surface area is 187 Å². The fourth-order valence-corrected chi connectivity index (χ4v) is 5.51. The van der Waals surface area contributed by atoms with Gasteiger partial charge in [-0.25, -0.2) is 9.97 Å². The van der Waals surface area contributed by atoms with Crippen molar-refractivity contribution in [2.45, 2.75) is 86.9 Å². The number of nitrogens with one attached hydrogen (secondary N) is 2. The summed E-state index contributed by atoms with van der Waals surface area (Å²) >= 11 is 1.37. The van der Waals surface area contributed by atoms with Crippen molar-refractivity contribution in [2.24, 2.45) is 5.92 Å². The first-order valence-corrected chi connectivity index (χ1v) is 12.5. The molecule has 0 aromatic carbocycles. The summed E-state index contributed by atoms with van der Waals surface area (Å²) in [4.78, 5) is 37.3. The van der Waals surface area contributed by atoms with Crippen LogP contribution in [0.5, 0.6) is 0 Å². The lowest BCUT2D eigenvalue weighted by molar-refractivity contribution is -0.120. The van der Waals surface area contributed by atoms with E-state index in [4.69, 9.17) is 9.97 Å². The molecule has 31 heavy (non-hydrogen) atoms. The minimum absolute atomic E-state index is 0.00980. The van der Waals surface area contributed by atoms with Crippen molar-refractivity contribution < 1.29 is 9.59 Å². The second-order valence-electron chi connectivity index (χ2n) is 9.37. The fourth-order valence-electron chi connectivity index (χ4n) is 4.54. The van der Waals surface area contributed by atoms with Crippen molar-refractivity contribution >= 4 is 29.4 Å². The SMILES string of the molecule is C=C1NC(=O)c2c(SC(C)C(=O)NCC3CCCCC3)nc(C3CC3)nc2N1C1CC1. The highest BCUT2D eigenvalue weighted by atomic mass is 32.2. The Morgan fingerprint density at radius 3 is 2.61 bits per heavy atom. The number of anilines is 1. The van der Waals surface area contributed by atoms with Gasteiger partial charge in [-0.2, -0.15) is 0 Å². The highest BCUT2D eigenvalue weighted by Crippen LogP contribution is 2.44. The van der Waals surface area contributed by atoms with Gasteiger partial charge in [0.1, 0.15) is 22.2 Å². The molecule has 1 aromatic rings. The summed E-state index contributed by atoms with van der Waals surface area (Å²) < 4.78 is 0. The summed E-state index contributed by atoms with van der Waals surface area (Å²) in [6, 6.07) is 0.336. The molecule has 1 atom stereocenters. The lowest BCUT2D eigenvalue weighted by atomic mass is 9.89. The second-order valence-corrected chi connectivity index (χ2v) is 10.7. The van der Waals surface area contributed by atoms with Gasteiger partial charge in [-0.3, -0.25) is 9.59 Å². The molecule has 4 aliphatic rings. The lowest BCUT2D eigenvalue weighted by Gasteiger charge is -2.33. The first-order valence-electron chi connectivity index (χ1n) is 11.7. The summed E-state index contributed by atoms with van der Waals surface area (Å²) in [7, 11) is 0. The van der Waals surface area contributed by atoms with Crippen molar-refractivity contribution in [3.63, 3.8) is 0 Å². The molecule has 8 heteroatoms. The van der Waals surface area contributed by atoms with Crippen LogP contribution in [-0.2, 0) is 4.79 Å². The van der Waals surface area contributed by atoms with Crippen molar-refractivity contribution in [1.82, 2.24) is 20.6 Å². The molecule has 1 unspecified atom stereocenters. The van der Waals surface area contributed by atoms with Gasteiger partial charge >= 0.3 is 0 Å². The number of nitrogens with zero attached hydrogens (tertiary/aromatic N) is 3.